The van der Waals surface area contributed by atoms with Crippen molar-refractivity contribution in [2.45, 2.75) is 18.9 Å². The molecule has 1 saturated heterocycles. The Bertz CT molecular complexity index is 444. The third-order valence-corrected chi connectivity index (χ3v) is 3.66. The number of aliphatic hydroxyl groups excluding tert-OH is 1. The molecule has 0 bridgehead atoms. The Kier molecular flexibility index (Phi) is 5.38. The molecule has 1 aromatic carbocycles. The summed E-state index contributed by atoms with van der Waals surface area (Å²) in [7, 11) is 1.59. The van der Waals surface area contributed by atoms with E-state index in [1.54, 1.807) is 13.2 Å². The Morgan fingerprint density at radius 1 is 1.50 bits per heavy atom. The number of methoxy groups -OCH3 is 1. The normalized spacial score (nSPS) is 17.5. The van der Waals surface area contributed by atoms with Crippen molar-refractivity contribution in [1.29, 1.82) is 0 Å². The summed E-state index contributed by atoms with van der Waals surface area (Å²) in [5.41, 5.74) is 0.745. The predicted octanol–water partition coefficient (Wildman–Crippen LogP) is 0.844. The summed E-state index contributed by atoms with van der Waals surface area (Å²) in [4.78, 5) is 12.0. The fourth-order valence-electron chi connectivity index (χ4n) is 2.39. The number of amides is 1. The maximum atomic E-state index is 12.0. The molecule has 1 amide bonds. The Morgan fingerprint density at radius 2 is 2.25 bits per heavy atom. The summed E-state index contributed by atoms with van der Waals surface area (Å²) >= 11 is 0. The van der Waals surface area contributed by atoms with Gasteiger partial charge < -0.3 is 20.5 Å². The highest BCUT2D eigenvalue weighted by Crippen LogP contribution is 2.19. The first-order valence-electron chi connectivity index (χ1n) is 7.01. The summed E-state index contributed by atoms with van der Waals surface area (Å²) in [6.45, 7) is 2.00. The van der Waals surface area contributed by atoms with Crippen LogP contribution in [0, 0.1) is 5.92 Å². The third kappa shape index (κ3) is 3.95. The van der Waals surface area contributed by atoms with Crippen LogP contribution in [0.5, 0.6) is 5.75 Å². The van der Waals surface area contributed by atoms with Crippen molar-refractivity contribution in [3.05, 3.63) is 29.8 Å². The standard InChI is InChI=1S/C15H22N2O3/c1-20-13-4-2-3-12(9-13)14(18)10-17-15(19)11-5-7-16-8-6-11/h2-4,9,11,14,16,18H,5-8,10H2,1H3,(H,17,19). The summed E-state index contributed by atoms with van der Waals surface area (Å²) < 4.78 is 5.12. The Hall–Kier alpha value is -1.59. The average Bonchev–Trinajstić information content (AvgIpc) is 2.53. The van der Waals surface area contributed by atoms with E-state index >= 15 is 0 Å². The monoisotopic (exact) mass is 278 g/mol. The van der Waals surface area contributed by atoms with E-state index in [1.165, 1.54) is 0 Å². The van der Waals surface area contributed by atoms with Gasteiger partial charge in [-0.1, -0.05) is 12.1 Å². The minimum Gasteiger partial charge on any atom is -0.497 e. The van der Waals surface area contributed by atoms with Gasteiger partial charge in [0, 0.05) is 12.5 Å². The van der Waals surface area contributed by atoms with Crippen LogP contribution in [0.1, 0.15) is 24.5 Å². The van der Waals surface area contributed by atoms with Crippen LogP contribution in [0.15, 0.2) is 24.3 Å². The fraction of sp³-hybridized carbons (Fsp3) is 0.533. The van der Waals surface area contributed by atoms with Crippen LogP contribution in [0.4, 0.5) is 0 Å². The van der Waals surface area contributed by atoms with Gasteiger partial charge >= 0.3 is 0 Å². The molecule has 0 saturated carbocycles. The summed E-state index contributed by atoms with van der Waals surface area (Å²) in [6.07, 6.45) is 1.01. The second kappa shape index (κ2) is 7.26. The van der Waals surface area contributed by atoms with Gasteiger partial charge in [-0.3, -0.25) is 4.79 Å². The summed E-state index contributed by atoms with van der Waals surface area (Å²) in [5.74, 6) is 0.799. The number of rotatable bonds is 5. The molecule has 5 nitrogen and oxygen atoms in total. The molecule has 0 aromatic heterocycles. The molecular weight excluding hydrogens is 256 g/mol. The molecule has 110 valence electrons. The van der Waals surface area contributed by atoms with Crippen molar-refractivity contribution in [2.75, 3.05) is 26.7 Å². The number of piperidine rings is 1. The number of nitrogens with one attached hydrogen (secondary N) is 2. The van der Waals surface area contributed by atoms with E-state index < -0.39 is 6.10 Å². The molecule has 1 fully saturated rings. The summed E-state index contributed by atoms with van der Waals surface area (Å²) in [6, 6.07) is 7.25. The Balaban J connectivity index is 1.84. The van der Waals surface area contributed by atoms with E-state index in [2.05, 4.69) is 10.6 Å². The number of ether oxygens (including phenoxy) is 1. The molecule has 1 aromatic rings. The van der Waals surface area contributed by atoms with E-state index in [-0.39, 0.29) is 18.4 Å². The maximum Gasteiger partial charge on any atom is 0.223 e. The first kappa shape index (κ1) is 14.8. The molecule has 1 heterocycles. The molecule has 5 heteroatoms. The van der Waals surface area contributed by atoms with Crippen LogP contribution in [0.3, 0.4) is 0 Å². The molecule has 0 aliphatic carbocycles. The lowest BCUT2D eigenvalue weighted by Crippen LogP contribution is -2.39. The lowest BCUT2D eigenvalue weighted by molar-refractivity contribution is -0.126. The molecule has 0 spiro atoms. The predicted molar refractivity (Wildman–Crippen MR) is 76.6 cm³/mol. The molecule has 1 aliphatic rings. The van der Waals surface area contributed by atoms with Gasteiger partial charge in [-0.15, -0.1) is 0 Å². The Morgan fingerprint density at radius 3 is 2.95 bits per heavy atom. The first-order chi connectivity index (χ1) is 9.70. The van der Waals surface area contributed by atoms with Crippen molar-refractivity contribution in [3.8, 4) is 5.75 Å². The Labute approximate surface area is 119 Å². The molecule has 20 heavy (non-hydrogen) atoms. The number of carbonyl (C=O) groups is 1. The maximum absolute atomic E-state index is 12.0. The third-order valence-electron chi connectivity index (χ3n) is 3.66. The molecular formula is C15H22N2O3. The van der Waals surface area contributed by atoms with Crippen LogP contribution in [0.25, 0.3) is 0 Å². The minimum absolute atomic E-state index is 0.0356. The molecule has 1 atom stereocenters. The second-order valence-corrected chi connectivity index (χ2v) is 5.06. The molecule has 3 N–H and O–H groups in total. The summed E-state index contributed by atoms with van der Waals surface area (Å²) in [5, 5.41) is 16.2. The second-order valence-electron chi connectivity index (χ2n) is 5.06. The zero-order valence-corrected chi connectivity index (χ0v) is 11.8. The van der Waals surface area contributed by atoms with E-state index in [9.17, 15) is 9.90 Å². The van der Waals surface area contributed by atoms with Gasteiger partial charge in [0.2, 0.25) is 5.91 Å². The van der Waals surface area contributed by atoms with E-state index in [0.717, 1.165) is 31.5 Å². The van der Waals surface area contributed by atoms with Crippen molar-refractivity contribution in [1.82, 2.24) is 10.6 Å². The molecule has 1 unspecified atom stereocenters. The van der Waals surface area contributed by atoms with Crippen LogP contribution in [-0.4, -0.2) is 37.8 Å². The highest BCUT2D eigenvalue weighted by molar-refractivity contribution is 5.78. The van der Waals surface area contributed by atoms with Crippen LogP contribution in [0.2, 0.25) is 0 Å². The fourth-order valence-corrected chi connectivity index (χ4v) is 2.39. The zero-order valence-electron chi connectivity index (χ0n) is 11.8. The highest BCUT2D eigenvalue weighted by atomic mass is 16.5. The van der Waals surface area contributed by atoms with Crippen molar-refractivity contribution in [2.24, 2.45) is 5.92 Å². The van der Waals surface area contributed by atoms with Crippen molar-refractivity contribution < 1.29 is 14.6 Å². The quantitative estimate of drug-likeness (QED) is 0.746. The van der Waals surface area contributed by atoms with Gasteiger partial charge in [-0.05, 0) is 43.6 Å². The average molecular weight is 278 g/mol. The van der Waals surface area contributed by atoms with Gasteiger partial charge in [0.25, 0.3) is 0 Å². The zero-order chi connectivity index (χ0) is 14.4. The number of carbonyl (C=O) groups excluding carboxylic acids is 1. The van der Waals surface area contributed by atoms with Gasteiger partial charge in [-0.25, -0.2) is 0 Å². The topological polar surface area (TPSA) is 70.6 Å². The largest absolute Gasteiger partial charge is 0.497 e. The van der Waals surface area contributed by atoms with E-state index in [4.69, 9.17) is 4.74 Å². The van der Waals surface area contributed by atoms with Crippen LogP contribution < -0.4 is 15.4 Å². The van der Waals surface area contributed by atoms with Gasteiger partial charge in [0.05, 0.1) is 13.2 Å². The lowest BCUT2D eigenvalue weighted by atomic mass is 9.97. The van der Waals surface area contributed by atoms with Gasteiger partial charge in [0.15, 0.2) is 0 Å². The number of hydrogen-bond donors (Lipinski definition) is 3. The smallest absolute Gasteiger partial charge is 0.223 e. The lowest BCUT2D eigenvalue weighted by Gasteiger charge is -2.22. The van der Waals surface area contributed by atoms with E-state index in [1.807, 2.05) is 18.2 Å². The van der Waals surface area contributed by atoms with Crippen LogP contribution in [-0.2, 0) is 4.79 Å². The highest BCUT2D eigenvalue weighted by Gasteiger charge is 2.21. The van der Waals surface area contributed by atoms with Gasteiger partial charge in [0.1, 0.15) is 5.75 Å². The van der Waals surface area contributed by atoms with Crippen LogP contribution >= 0.6 is 0 Å². The van der Waals surface area contributed by atoms with Crippen molar-refractivity contribution in [3.63, 3.8) is 0 Å². The van der Waals surface area contributed by atoms with Crippen molar-refractivity contribution >= 4 is 5.91 Å². The molecule has 1 aliphatic heterocycles. The SMILES string of the molecule is COc1cccc(C(O)CNC(=O)C2CCNCC2)c1. The minimum atomic E-state index is -0.712. The first-order valence-corrected chi connectivity index (χ1v) is 7.01. The number of aliphatic hydroxyl groups is 1. The number of hydrogen-bond acceptors (Lipinski definition) is 4. The molecule has 0 radical (unpaired) electrons. The van der Waals surface area contributed by atoms with Gasteiger partial charge in [-0.2, -0.15) is 0 Å². The number of benzene rings is 1. The molecule has 2 rings (SSSR count). The van der Waals surface area contributed by atoms with E-state index in [0.29, 0.717) is 5.75 Å².